The van der Waals surface area contributed by atoms with Gasteiger partial charge in [-0.25, -0.2) is 4.39 Å². The van der Waals surface area contributed by atoms with Gasteiger partial charge in [-0.15, -0.1) is 0 Å². The summed E-state index contributed by atoms with van der Waals surface area (Å²) in [5.74, 6) is -1.02. The lowest BCUT2D eigenvalue weighted by Gasteiger charge is -2.14. The number of primary amides is 1. The van der Waals surface area contributed by atoms with Gasteiger partial charge < -0.3 is 15.4 Å². The Morgan fingerprint density at radius 3 is 2.68 bits per heavy atom. The van der Waals surface area contributed by atoms with Gasteiger partial charge >= 0.3 is 0 Å². The molecule has 0 aromatic heterocycles. The van der Waals surface area contributed by atoms with E-state index in [2.05, 4.69) is 0 Å². The maximum atomic E-state index is 13.2. The first-order valence-electron chi connectivity index (χ1n) is 5.90. The van der Waals surface area contributed by atoms with E-state index < -0.39 is 11.7 Å². The fourth-order valence-corrected chi connectivity index (χ4v) is 1.48. The van der Waals surface area contributed by atoms with Gasteiger partial charge in [0.15, 0.2) is 11.6 Å². The molecule has 0 spiro atoms. The lowest BCUT2D eigenvalue weighted by atomic mass is 10.3. The second kappa shape index (κ2) is 7.35. The quantitative estimate of drug-likeness (QED) is 0.748. The Balaban J connectivity index is 2.26. The predicted molar refractivity (Wildman–Crippen MR) is 68.0 cm³/mol. The molecule has 2 N–H and O–H groups in total. The Labute approximate surface area is 111 Å². The highest BCUT2D eigenvalue weighted by Gasteiger charge is 2.10. The van der Waals surface area contributed by atoms with Gasteiger partial charge in [0, 0.05) is 13.5 Å². The molecule has 1 rings (SSSR count). The lowest BCUT2D eigenvalue weighted by Crippen LogP contribution is -2.35. The molecule has 6 heteroatoms. The number of nitrogens with two attached hydrogens (primary N) is 1. The molecular weight excluding hydrogens is 251 g/mol. The molecule has 0 heterocycles. The predicted octanol–water partition coefficient (Wildman–Crippen LogP) is 0.928. The molecule has 1 aromatic rings. The molecule has 19 heavy (non-hydrogen) atoms. The molecule has 0 fully saturated rings. The Morgan fingerprint density at radius 1 is 1.37 bits per heavy atom. The van der Waals surface area contributed by atoms with Crippen LogP contribution in [0.3, 0.4) is 0 Å². The van der Waals surface area contributed by atoms with Crippen LogP contribution in [0.2, 0.25) is 0 Å². The minimum atomic E-state index is -0.557. The third-order valence-electron chi connectivity index (χ3n) is 2.45. The highest BCUT2D eigenvalue weighted by atomic mass is 19.1. The van der Waals surface area contributed by atoms with E-state index in [1.807, 2.05) is 0 Å². The molecule has 0 radical (unpaired) electrons. The van der Waals surface area contributed by atoms with Crippen LogP contribution in [0.1, 0.15) is 12.8 Å². The molecule has 1 aromatic carbocycles. The van der Waals surface area contributed by atoms with Gasteiger partial charge in [-0.3, -0.25) is 9.59 Å². The summed E-state index contributed by atoms with van der Waals surface area (Å²) in [5.41, 5.74) is 4.98. The fraction of sp³-hybridized carbons (Fsp3) is 0.385. The van der Waals surface area contributed by atoms with Crippen molar-refractivity contribution in [2.45, 2.75) is 12.8 Å². The number of hydrogen-bond donors (Lipinski definition) is 1. The van der Waals surface area contributed by atoms with E-state index in [-0.39, 0.29) is 31.2 Å². The van der Waals surface area contributed by atoms with Crippen LogP contribution in [-0.2, 0) is 9.59 Å². The van der Waals surface area contributed by atoms with E-state index in [4.69, 9.17) is 10.5 Å². The number of rotatable bonds is 7. The van der Waals surface area contributed by atoms with Crippen LogP contribution in [-0.4, -0.2) is 36.9 Å². The van der Waals surface area contributed by atoms with Crippen molar-refractivity contribution in [3.05, 3.63) is 30.1 Å². The Bertz CT molecular complexity index is 451. The molecule has 0 aliphatic heterocycles. The monoisotopic (exact) mass is 268 g/mol. The number of halogens is 1. The zero-order chi connectivity index (χ0) is 14.3. The van der Waals surface area contributed by atoms with Crippen LogP contribution in [0.4, 0.5) is 4.39 Å². The maximum absolute atomic E-state index is 13.2. The van der Waals surface area contributed by atoms with Crippen LogP contribution in [0.5, 0.6) is 5.75 Å². The smallest absolute Gasteiger partial charge is 0.237 e. The van der Waals surface area contributed by atoms with Crippen molar-refractivity contribution in [3.63, 3.8) is 0 Å². The molecule has 0 aliphatic carbocycles. The standard InChI is InChI=1S/C13H17FN2O3/c1-16(9-12(15)17)13(18)7-4-8-19-11-6-3-2-5-10(11)14/h2-3,5-6H,4,7-9H2,1H3,(H2,15,17). The maximum Gasteiger partial charge on any atom is 0.237 e. The highest BCUT2D eigenvalue weighted by Crippen LogP contribution is 2.15. The zero-order valence-corrected chi connectivity index (χ0v) is 10.8. The second-order valence-corrected chi connectivity index (χ2v) is 4.10. The first-order valence-corrected chi connectivity index (χ1v) is 5.90. The number of carbonyl (C=O) groups excluding carboxylic acids is 2. The largest absolute Gasteiger partial charge is 0.491 e. The van der Waals surface area contributed by atoms with E-state index in [1.54, 1.807) is 12.1 Å². The van der Waals surface area contributed by atoms with Crippen molar-refractivity contribution in [2.75, 3.05) is 20.2 Å². The zero-order valence-electron chi connectivity index (χ0n) is 10.8. The topological polar surface area (TPSA) is 72.6 Å². The number of ether oxygens (including phenoxy) is 1. The summed E-state index contributed by atoms with van der Waals surface area (Å²) in [6, 6.07) is 6.08. The summed E-state index contributed by atoms with van der Waals surface area (Å²) in [7, 11) is 1.50. The van der Waals surface area contributed by atoms with Gasteiger partial charge in [0.2, 0.25) is 11.8 Å². The Morgan fingerprint density at radius 2 is 2.05 bits per heavy atom. The Hall–Kier alpha value is -2.11. The molecule has 0 unspecified atom stereocenters. The van der Waals surface area contributed by atoms with Crippen molar-refractivity contribution in [2.24, 2.45) is 5.73 Å². The number of benzene rings is 1. The molecule has 0 bridgehead atoms. The minimum Gasteiger partial charge on any atom is -0.491 e. The van der Waals surface area contributed by atoms with Crippen molar-refractivity contribution in [1.82, 2.24) is 4.90 Å². The van der Waals surface area contributed by atoms with Crippen LogP contribution < -0.4 is 10.5 Å². The summed E-state index contributed by atoms with van der Waals surface area (Å²) in [6.45, 7) is 0.129. The summed E-state index contributed by atoms with van der Waals surface area (Å²) >= 11 is 0. The van der Waals surface area contributed by atoms with Crippen LogP contribution in [0.15, 0.2) is 24.3 Å². The molecular formula is C13H17FN2O3. The minimum absolute atomic E-state index is 0.104. The van der Waals surface area contributed by atoms with Crippen molar-refractivity contribution >= 4 is 11.8 Å². The van der Waals surface area contributed by atoms with Gasteiger partial charge in [0.1, 0.15) is 0 Å². The van der Waals surface area contributed by atoms with Crippen molar-refractivity contribution < 1.29 is 18.7 Å². The molecule has 0 saturated heterocycles. The second-order valence-electron chi connectivity index (χ2n) is 4.10. The molecule has 5 nitrogen and oxygen atoms in total. The normalized spacial score (nSPS) is 10.0. The molecule has 104 valence electrons. The molecule has 0 atom stereocenters. The Kier molecular flexibility index (Phi) is 5.78. The van der Waals surface area contributed by atoms with Gasteiger partial charge in [0.25, 0.3) is 0 Å². The summed E-state index contributed by atoms with van der Waals surface area (Å²) < 4.78 is 18.4. The first-order chi connectivity index (χ1) is 9.00. The number of amides is 2. The summed E-state index contributed by atoms with van der Waals surface area (Å²) in [4.78, 5) is 23.4. The summed E-state index contributed by atoms with van der Waals surface area (Å²) in [5, 5.41) is 0. The van der Waals surface area contributed by atoms with Crippen LogP contribution in [0.25, 0.3) is 0 Å². The number of carbonyl (C=O) groups is 2. The molecule has 0 aliphatic rings. The van der Waals surface area contributed by atoms with E-state index in [9.17, 15) is 14.0 Å². The number of hydrogen-bond acceptors (Lipinski definition) is 3. The molecule has 0 saturated carbocycles. The van der Waals surface area contributed by atoms with E-state index in [0.29, 0.717) is 6.42 Å². The molecule has 2 amide bonds. The fourth-order valence-electron chi connectivity index (χ4n) is 1.48. The lowest BCUT2D eigenvalue weighted by molar-refractivity contribution is -0.133. The van der Waals surface area contributed by atoms with E-state index in [0.717, 1.165) is 0 Å². The number of para-hydroxylation sites is 1. The van der Waals surface area contributed by atoms with Crippen LogP contribution in [0, 0.1) is 5.82 Å². The number of nitrogens with zero attached hydrogens (tertiary/aromatic N) is 1. The van der Waals surface area contributed by atoms with Crippen molar-refractivity contribution in [1.29, 1.82) is 0 Å². The first kappa shape index (κ1) is 14.9. The SMILES string of the molecule is CN(CC(N)=O)C(=O)CCCOc1ccccc1F. The van der Waals surface area contributed by atoms with E-state index >= 15 is 0 Å². The van der Waals surface area contributed by atoms with Gasteiger partial charge in [-0.1, -0.05) is 12.1 Å². The van der Waals surface area contributed by atoms with Gasteiger partial charge in [-0.2, -0.15) is 0 Å². The summed E-state index contributed by atoms with van der Waals surface area (Å²) in [6.07, 6.45) is 0.661. The van der Waals surface area contributed by atoms with E-state index in [1.165, 1.54) is 24.1 Å². The average Bonchev–Trinajstić information content (AvgIpc) is 2.35. The third-order valence-corrected chi connectivity index (χ3v) is 2.45. The van der Waals surface area contributed by atoms with Crippen LogP contribution >= 0.6 is 0 Å². The number of likely N-dealkylation sites (N-methyl/N-ethyl adjacent to an activating group) is 1. The highest BCUT2D eigenvalue weighted by molar-refractivity contribution is 5.83. The van der Waals surface area contributed by atoms with Gasteiger partial charge in [-0.05, 0) is 18.6 Å². The van der Waals surface area contributed by atoms with Gasteiger partial charge in [0.05, 0.1) is 13.2 Å². The third kappa shape index (κ3) is 5.37. The van der Waals surface area contributed by atoms with Crippen molar-refractivity contribution in [3.8, 4) is 5.75 Å². The average molecular weight is 268 g/mol.